The fourth-order valence-electron chi connectivity index (χ4n) is 4.13. The second-order valence-corrected chi connectivity index (χ2v) is 7.20. The third kappa shape index (κ3) is 3.14. The molecule has 1 N–H and O–H groups in total. The summed E-state index contributed by atoms with van der Waals surface area (Å²) in [6, 6.07) is 1.75. The van der Waals surface area contributed by atoms with Crippen molar-refractivity contribution in [3.8, 4) is 0 Å². The van der Waals surface area contributed by atoms with Crippen LogP contribution in [0.2, 0.25) is 0 Å². The lowest BCUT2D eigenvalue weighted by Crippen LogP contribution is -2.62. The Hall–Kier alpha value is -0.120. The van der Waals surface area contributed by atoms with Crippen LogP contribution >= 0.6 is 0 Å². The maximum absolute atomic E-state index is 3.39. The van der Waals surface area contributed by atoms with Gasteiger partial charge in [-0.05, 0) is 37.5 Å². The van der Waals surface area contributed by atoms with Crippen molar-refractivity contribution in [3.63, 3.8) is 0 Å². The molecule has 0 radical (unpaired) electrons. The summed E-state index contributed by atoms with van der Waals surface area (Å²) in [4.78, 5) is 5.49. The molecule has 2 aliphatic heterocycles. The van der Waals surface area contributed by atoms with Crippen LogP contribution in [0.4, 0.5) is 0 Å². The molecule has 0 bridgehead atoms. The molecule has 3 heteroatoms. The van der Waals surface area contributed by atoms with Crippen LogP contribution in [-0.2, 0) is 0 Å². The first-order chi connectivity index (χ1) is 9.24. The molecule has 110 valence electrons. The van der Waals surface area contributed by atoms with Crippen LogP contribution in [0.3, 0.4) is 0 Å². The Morgan fingerprint density at radius 3 is 1.74 bits per heavy atom. The van der Waals surface area contributed by atoms with Crippen LogP contribution in [0.15, 0.2) is 0 Å². The second-order valence-electron chi connectivity index (χ2n) is 7.20. The van der Waals surface area contributed by atoms with E-state index in [4.69, 9.17) is 0 Å². The molecule has 3 rings (SSSR count). The highest BCUT2D eigenvalue weighted by atomic mass is 15.3. The molecule has 3 nitrogen and oxygen atoms in total. The highest BCUT2D eigenvalue weighted by Gasteiger charge is 2.32. The van der Waals surface area contributed by atoms with Crippen LogP contribution in [0.5, 0.6) is 0 Å². The van der Waals surface area contributed by atoms with Gasteiger partial charge in [0.1, 0.15) is 0 Å². The molecule has 1 saturated carbocycles. The summed E-state index contributed by atoms with van der Waals surface area (Å²) in [6.07, 6.45) is 5.84. The van der Waals surface area contributed by atoms with Crippen LogP contribution in [0, 0.1) is 11.8 Å². The van der Waals surface area contributed by atoms with Gasteiger partial charge in [0.25, 0.3) is 0 Å². The Labute approximate surface area is 118 Å². The fraction of sp³-hybridized carbons (Fsp3) is 1.00. The van der Waals surface area contributed by atoms with Gasteiger partial charge in [0, 0.05) is 51.4 Å². The number of hydrogen-bond acceptors (Lipinski definition) is 3. The standard InChI is InChI=1S/C16H31N3/c1-13(2)14-3-5-15(6-4-14)18-7-9-19(10-8-18)16-11-17-12-16/h13-17H,3-12H2,1-2H3. The van der Waals surface area contributed by atoms with Gasteiger partial charge in [0.05, 0.1) is 0 Å². The van der Waals surface area contributed by atoms with Crippen molar-refractivity contribution < 1.29 is 0 Å². The van der Waals surface area contributed by atoms with Crippen LogP contribution in [0.25, 0.3) is 0 Å². The van der Waals surface area contributed by atoms with Gasteiger partial charge in [0.15, 0.2) is 0 Å². The maximum Gasteiger partial charge on any atom is 0.0346 e. The van der Waals surface area contributed by atoms with E-state index in [0.717, 1.165) is 23.9 Å². The van der Waals surface area contributed by atoms with E-state index in [1.807, 2.05) is 0 Å². The largest absolute Gasteiger partial charge is 0.314 e. The fourth-order valence-corrected chi connectivity index (χ4v) is 4.13. The monoisotopic (exact) mass is 265 g/mol. The zero-order valence-electron chi connectivity index (χ0n) is 12.8. The average Bonchev–Trinajstić information content (AvgIpc) is 2.38. The quantitative estimate of drug-likeness (QED) is 0.839. The first kappa shape index (κ1) is 13.8. The molecule has 2 heterocycles. The van der Waals surface area contributed by atoms with Crippen LogP contribution < -0.4 is 5.32 Å². The molecule has 0 atom stereocenters. The number of nitrogens with zero attached hydrogens (tertiary/aromatic N) is 2. The van der Waals surface area contributed by atoms with E-state index in [-0.39, 0.29) is 0 Å². The molecular weight excluding hydrogens is 234 g/mol. The van der Waals surface area contributed by atoms with Gasteiger partial charge < -0.3 is 5.32 Å². The summed E-state index contributed by atoms with van der Waals surface area (Å²) in [5, 5.41) is 3.39. The van der Waals surface area contributed by atoms with Crippen molar-refractivity contribution in [1.29, 1.82) is 0 Å². The lowest BCUT2D eigenvalue weighted by molar-refractivity contribution is 0.0348. The van der Waals surface area contributed by atoms with Gasteiger partial charge in [-0.3, -0.25) is 9.80 Å². The zero-order chi connectivity index (χ0) is 13.2. The number of piperazine rings is 1. The minimum atomic E-state index is 0.846. The third-order valence-electron chi connectivity index (χ3n) is 5.83. The normalized spacial score (nSPS) is 35.5. The highest BCUT2D eigenvalue weighted by Crippen LogP contribution is 2.32. The predicted octanol–water partition coefficient (Wildman–Crippen LogP) is 1.79. The minimum absolute atomic E-state index is 0.846. The van der Waals surface area contributed by atoms with E-state index in [0.29, 0.717) is 0 Å². The molecule has 0 spiro atoms. The van der Waals surface area contributed by atoms with Crippen molar-refractivity contribution >= 4 is 0 Å². The Bertz CT molecular complexity index is 272. The molecule has 3 fully saturated rings. The van der Waals surface area contributed by atoms with E-state index in [1.54, 1.807) is 0 Å². The van der Waals surface area contributed by atoms with Gasteiger partial charge in [-0.2, -0.15) is 0 Å². The van der Waals surface area contributed by atoms with E-state index >= 15 is 0 Å². The smallest absolute Gasteiger partial charge is 0.0346 e. The number of nitrogens with one attached hydrogen (secondary N) is 1. The average molecular weight is 265 g/mol. The summed E-state index contributed by atoms with van der Waals surface area (Å²) in [5.74, 6) is 1.89. The lowest BCUT2D eigenvalue weighted by atomic mass is 9.79. The number of hydrogen-bond donors (Lipinski definition) is 1. The van der Waals surface area contributed by atoms with E-state index in [1.165, 1.54) is 65.0 Å². The maximum atomic E-state index is 3.39. The van der Waals surface area contributed by atoms with Gasteiger partial charge in [-0.25, -0.2) is 0 Å². The highest BCUT2D eigenvalue weighted by molar-refractivity contribution is 4.89. The predicted molar refractivity (Wildman–Crippen MR) is 80.4 cm³/mol. The second kappa shape index (κ2) is 6.11. The molecule has 0 aromatic rings. The SMILES string of the molecule is CC(C)C1CCC(N2CCN(C3CNC3)CC2)CC1. The van der Waals surface area contributed by atoms with Crippen molar-refractivity contribution in [2.24, 2.45) is 11.8 Å². The number of rotatable bonds is 3. The Balaban J connectivity index is 1.42. The third-order valence-corrected chi connectivity index (χ3v) is 5.83. The summed E-state index contributed by atoms with van der Waals surface area (Å²) < 4.78 is 0. The van der Waals surface area contributed by atoms with Crippen molar-refractivity contribution in [1.82, 2.24) is 15.1 Å². The Morgan fingerprint density at radius 1 is 0.789 bits per heavy atom. The first-order valence-corrected chi connectivity index (χ1v) is 8.43. The molecule has 0 aromatic carbocycles. The molecule has 0 amide bonds. The minimum Gasteiger partial charge on any atom is -0.314 e. The summed E-state index contributed by atoms with van der Waals surface area (Å²) in [6.45, 7) is 12.5. The van der Waals surface area contributed by atoms with E-state index in [9.17, 15) is 0 Å². The van der Waals surface area contributed by atoms with Crippen molar-refractivity contribution in [2.75, 3.05) is 39.3 Å². The van der Waals surface area contributed by atoms with Gasteiger partial charge in [0.2, 0.25) is 0 Å². The molecule has 0 aromatic heterocycles. The molecule has 0 unspecified atom stereocenters. The van der Waals surface area contributed by atoms with Crippen molar-refractivity contribution in [2.45, 2.75) is 51.6 Å². The topological polar surface area (TPSA) is 18.5 Å². The van der Waals surface area contributed by atoms with Crippen molar-refractivity contribution in [3.05, 3.63) is 0 Å². The van der Waals surface area contributed by atoms with Crippen LogP contribution in [-0.4, -0.2) is 61.2 Å². The summed E-state index contributed by atoms with van der Waals surface area (Å²) in [7, 11) is 0. The zero-order valence-corrected chi connectivity index (χ0v) is 12.8. The van der Waals surface area contributed by atoms with Gasteiger partial charge in [-0.1, -0.05) is 13.8 Å². The van der Waals surface area contributed by atoms with E-state index in [2.05, 4.69) is 29.0 Å². The summed E-state index contributed by atoms with van der Waals surface area (Å²) >= 11 is 0. The molecular formula is C16H31N3. The molecule has 3 aliphatic rings. The molecule has 19 heavy (non-hydrogen) atoms. The van der Waals surface area contributed by atoms with Crippen LogP contribution in [0.1, 0.15) is 39.5 Å². The first-order valence-electron chi connectivity index (χ1n) is 8.43. The molecule has 2 saturated heterocycles. The van der Waals surface area contributed by atoms with Gasteiger partial charge >= 0.3 is 0 Å². The van der Waals surface area contributed by atoms with E-state index < -0.39 is 0 Å². The molecule has 1 aliphatic carbocycles. The summed E-state index contributed by atoms with van der Waals surface area (Å²) in [5.41, 5.74) is 0. The Kier molecular flexibility index (Phi) is 4.45. The lowest BCUT2D eigenvalue weighted by Gasteiger charge is -2.46. The Morgan fingerprint density at radius 2 is 1.32 bits per heavy atom. The van der Waals surface area contributed by atoms with Gasteiger partial charge in [-0.15, -0.1) is 0 Å².